The van der Waals surface area contributed by atoms with Crippen LogP contribution >= 0.6 is 0 Å². The van der Waals surface area contributed by atoms with Crippen molar-refractivity contribution in [2.75, 3.05) is 5.73 Å². The third-order valence-electron chi connectivity index (χ3n) is 5.38. The van der Waals surface area contributed by atoms with Gasteiger partial charge in [0.15, 0.2) is 6.23 Å². The van der Waals surface area contributed by atoms with Gasteiger partial charge in [0.05, 0.1) is 13.8 Å². The van der Waals surface area contributed by atoms with E-state index in [0.717, 1.165) is 4.57 Å². The summed E-state index contributed by atoms with van der Waals surface area (Å²) in [7, 11) is -2.26. The van der Waals surface area contributed by atoms with Crippen LogP contribution in [0.1, 0.15) is 27.0 Å². The van der Waals surface area contributed by atoms with Gasteiger partial charge in [0.2, 0.25) is 0 Å². The van der Waals surface area contributed by atoms with Gasteiger partial charge in [-0.15, -0.1) is 0 Å². The fraction of sp³-hybridized carbons (Fsp3) is 0.733. The van der Waals surface area contributed by atoms with E-state index < -0.39 is 44.0 Å². The molecule has 1 unspecified atom stereocenters. The van der Waals surface area contributed by atoms with E-state index >= 15 is 0 Å². The third-order valence-corrected chi connectivity index (χ3v) is 11.1. The van der Waals surface area contributed by atoms with Crippen LogP contribution in [0, 0.1) is 0 Å². The predicted octanol–water partition coefficient (Wildman–Crippen LogP) is -0.147. The lowest BCUT2D eigenvalue weighted by atomic mass is 10.1. The number of aromatic nitrogens is 2. The Morgan fingerprint density at radius 1 is 1.33 bits per heavy atom. The van der Waals surface area contributed by atoms with Crippen LogP contribution in [0.5, 0.6) is 0 Å². The summed E-state index contributed by atoms with van der Waals surface area (Å²) >= 11 is 0. The average molecular weight is 357 g/mol. The van der Waals surface area contributed by atoms with Crippen LogP contribution in [0.3, 0.4) is 0 Å². The lowest BCUT2D eigenvalue weighted by Crippen LogP contribution is -2.57. The maximum Gasteiger partial charge on any atom is 0.351 e. The van der Waals surface area contributed by atoms with Crippen molar-refractivity contribution < 1.29 is 20.1 Å². The molecule has 0 aromatic carbocycles. The van der Waals surface area contributed by atoms with Crippen LogP contribution in [-0.4, -0.2) is 57.0 Å². The summed E-state index contributed by atoms with van der Waals surface area (Å²) in [6.07, 6.45) is -3.40. The number of nitrogen functional groups attached to an aromatic ring is 1. The van der Waals surface area contributed by atoms with Gasteiger partial charge in [0.1, 0.15) is 24.1 Å². The Balaban J connectivity index is 2.32. The highest BCUT2D eigenvalue weighted by atomic mass is 28.3. The molecule has 136 valence electrons. The monoisotopic (exact) mass is 357 g/mol. The van der Waals surface area contributed by atoms with E-state index in [1.165, 1.54) is 12.3 Å². The van der Waals surface area contributed by atoms with Crippen molar-refractivity contribution in [3.05, 3.63) is 22.7 Å². The number of aliphatic hydroxyl groups is 3. The molecule has 1 aromatic heterocycles. The molecule has 1 saturated heterocycles. The molecule has 0 saturated carbocycles. The zero-order valence-corrected chi connectivity index (χ0v) is 15.7. The first kappa shape index (κ1) is 19.1. The van der Waals surface area contributed by atoms with Crippen molar-refractivity contribution in [3.8, 4) is 0 Å². The Morgan fingerprint density at radius 3 is 2.42 bits per heavy atom. The number of anilines is 1. The third kappa shape index (κ3) is 3.14. The molecule has 0 bridgehead atoms. The highest BCUT2D eigenvalue weighted by molar-refractivity contribution is 6.81. The highest BCUT2D eigenvalue weighted by Gasteiger charge is 2.54. The lowest BCUT2D eigenvalue weighted by Gasteiger charge is -2.43. The molecule has 8 nitrogen and oxygen atoms in total. The summed E-state index contributed by atoms with van der Waals surface area (Å²) in [5, 5.41) is 31.3. The van der Waals surface area contributed by atoms with Gasteiger partial charge in [-0.25, -0.2) is 4.79 Å². The molecule has 0 aliphatic carbocycles. The second-order valence-electron chi connectivity index (χ2n) is 7.93. The molecule has 0 spiro atoms. The van der Waals surface area contributed by atoms with Crippen LogP contribution < -0.4 is 11.4 Å². The first-order valence-corrected chi connectivity index (χ1v) is 11.0. The number of aliphatic hydroxyl groups excluding tert-OH is 3. The minimum atomic E-state index is -2.26. The van der Waals surface area contributed by atoms with Gasteiger partial charge >= 0.3 is 5.69 Å². The number of hydrogen-bond acceptors (Lipinski definition) is 7. The molecule has 1 fully saturated rings. The van der Waals surface area contributed by atoms with Crippen LogP contribution in [0.15, 0.2) is 17.1 Å². The molecule has 2 rings (SSSR count). The minimum absolute atomic E-state index is 0.0575. The Labute approximate surface area is 141 Å². The summed E-state index contributed by atoms with van der Waals surface area (Å²) < 4.78 is 6.77. The van der Waals surface area contributed by atoms with Crippen LogP contribution in [0.4, 0.5) is 5.82 Å². The average Bonchev–Trinajstić information content (AvgIpc) is 2.73. The van der Waals surface area contributed by atoms with Gasteiger partial charge < -0.3 is 25.8 Å². The zero-order chi connectivity index (χ0) is 18.4. The quantitative estimate of drug-likeness (QED) is 0.553. The van der Waals surface area contributed by atoms with E-state index in [4.69, 9.17) is 10.5 Å². The maximum absolute atomic E-state index is 12.0. The fourth-order valence-electron chi connectivity index (χ4n) is 2.65. The molecule has 1 aliphatic heterocycles. The summed E-state index contributed by atoms with van der Waals surface area (Å²) in [6, 6.07) is 1.40. The van der Waals surface area contributed by atoms with Crippen LogP contribution in [0.25, 0.3) is 0 Å². The molecule has 5 atom stereocenters. The molecular formula is C15H27N3O5Si. The Kier molecular flexibility index (Phi) is 4.95. The van der Waals surface area contributed by atoms with Gasteiger partial charge in [0.25, 0.3) is 0 Å². The van der Waals surface area contributed by atoms with Gasteiger partial charge in [-0.1, -0.05) is 33.9 Å². The van der Waals surface area contributed by atoms with Crippen LogP contribution in [0.2, 0.25) is 18.1 Å². The lowest BCUT2D eigenvalue weighted by molar-refractivity contribution is -0.0680. The van der Waals surface area contributed by atoms with Gasteiger partial charge in [-0.3, -0.25) is 4.57 Å². The summed E-state index contributed by atoms with van der Waals surface area (Å²) in [6.45, 7) is 10.1. The van der Waals surface area contributed by atoms with E-state index in [2.05, 4.69) is 4.98 Å². The predicted molar refractivity (Wildman–Crippen MR) is 92.0 cm³/mol. The minimum Gasteiger partial charge on any atom is -0.394 e. The molecular weight excluding hydrogens is 330 g/mol. The van der Waals surface area contributed by atoms with E-state index in [1.54, 1.807) is 0 Å². The van der Waals surface area contributed by atoms with E-state index in [9.17, 15) is 20.1 Å². The van der Waals surface area contributed by atoms with E-state index in [0.29, 0.717) is 0 Å². The second-order valence-corrected chi connectivity index (χ2v) is 13.5. The summed E-state index contributed by atoms with van der Waals surface area (Å²) in [5.41, 5.74) is 3.86. The van der Waals surface area contributed by atoms with Crippen molar-refractivity contribution in [3.63, 3.8) is 0 Å². The van der Waals surface area contributed by atoms with Crippen LogP contribution in [-0.2, 0) is 4.74 Å². The number of nitrogens with two attached hydrogens (primary N) is 1. The fourth-order valence-corrected chi connectivity index (χ4v) is 4.63. The number of nitrogens with zero attached hydrogens (tertiary/aromatic N) is 2. The molecule has 24 heavy (non-hydrogen) atoms. The largest absolute Gasteiger partial charge is 0.394 e. The Hall–Kier alpha value is -1.26. The molecule has 5 N–H and O–H groups in total. The van der Waals surface area contributed by atoms with E-state index in [-0.39, 0.29) is 10.9 Å². The zero-order valence-electron chi connectivity index (χ0n) is 14.7. The summed E-state index contributed by atoms with van der Waals surface area (Å²) in [5.74, 6) is 0.0575. The molecule has 0 amide bonds. The summed E-state index contributed by atoms with van der Waals surface area (Å²) in [4.78, 5) is 15.6. The number of ether oxygens (including phenoxy) is 1. The Morgan fingerprint density at radius 2 is 1.92 bits per heavy atom. The topological polar surface area (TPSA) is 131 Å². The SMILES string of the molecule is CC(C)(C)[Si](C)(C)C(O)[C@H]1O[C@@H](n2ccc(N)nc2=O)[C@H](O)[C@@H]1O. The van der Waals surface area contributed by atoms with Crippen molar-refractivity contribution in [1.82, 2.24) is 9.55 Å². The normalized spacial score (nSPS) is 29.7. The second kappa shape index (κ2) is 6.23. The van der Waals surface area contributed by atoms with Gasteiger partial charge in [-0.2, -0.15) is 4.98 Å². The van der Waals surface area contributed by atoms with Crippen molar-refractivity contribution in [1.29, 1.82) is 0 Å². The highest BCUT2D eigenvalue weighted by Crippen LogP contribution is 2.42. The number of hydrogen-bond donors (Lipinski definition) is 4. The number of rotatable bonds is 3. The molecule has 2 heterocycles. The van der Waals surface area contributed by atoms with Crippen molar-refractivity contribution in [2.24, 2.45) is 0 Å². The first-order valence-electron chi connectivity index (χ1n) is 7.92. The maximum atomic E-state index is 12.0. The van der Waals surface area contributed by atoms with Gasteiger partial charge in [-0.05, 0) is 11.1 Å². The standard InChI is InChI=1S/C15H27N3O5Si/c1-15(2,3)24(4,5)13(21)11-9(19)10(20)12(23-11)18-7-6-8(16)17-14(18)22/h6-7,9-13,19-21H,1-5H3,(H2,16,17,22)/t9-,10+,11-,12+,13?/m0/s1. The van der Waals surface area contributed by atoms with Crippen molar-refractivity contribution in [2.45, 2.75) is 69.2 Å². The smallest absolute Gasteiger partial charge is 0.351 e. The molecule has 9 heteroatoms. The van der Waals surface area contributed by atoms with Gasteiger partial charge in [0, 0.05) is 6.20 Å². The van der Waals surface area contributed by atoms with E-state index in [1.807, 2.05) is 33.9 Å². The first-order chi connectivity index (χ1) is 10.9. The molecule has 1 aliphatic rings. The molecule has 1 aromatic rings. The molecule has 0 radical (unpaired) electrons. The Bertz CT molecular complexity index is 657. The van der Waals surface area contributed by atoms with Crippen molar-refractivity contribution >= 4 is 13.9 Å².